The first kappa shape index (κ1) is 13.7. The van der Waals surface area contributed by atoms with Crippen molar-refractivity contribution in [2.75, 3.05) is 0 Å². The Morgan fingerprint density at radius 3 is 2.78 bits per heavy atom. The van der Waals surface area contributed by atoms with Crippen molar-refractivity contribution in [2.24, 2.45) is 7.05 Å². The number of hydrogen-bond donors (Lipinski definition) is 0. The number of hydrogen-bond acceptors (Lipinski definition) is 2. The van der Waals surface area contributed by atoms with Gasteiger partial charge in [-0.15, -0.1) is 0 Å². The summed E-state index contributed by atoms with van der Waals surface area (Å²) in [6, 6.07) is 7.63. The summed E-state index contributed by atoms with van der Waals surface area (Å²) >= 11 is 5.69. The van der Waals surface area contributed by atoms with E-state index in [-0.39, 0.29) is 5.78 Å². The number of carbonyl (C=O) groups excluding carboxylic acids is 1. The van der Waals surface area contributed by atoms with E-state index in [4.69, 9.17) is 0 Å². The molecular weight excluding hydrogens is 407 g/mol. The van der Waals surface area contributed by atoms with Crippen LogP contribution in [0.3, 0.4) is 0 Å². The normalized spacial score (nSPS) is 10.7. The van der Waals surface area contributed by atoms with E-state index in [2.05, 4.69) is 43.6 Å². The lowest BCUT2D eigenvalue weighted by molar-refractivity contribution is 0.0990. The summed E-state index contributed by atoms with van der Waals surface area (Å²) in [5.74, 6) is 0.109. The van der Waals surface area contributed by atoms with Gasteiger partial charge in [-0.25, -0.2) is 0 Å². The van der Waals surface area contributed by atoms with Crippen molar-refractivity contribution >= 4 is 44.3 Å². The topological polar surface area (TPSA) is 34.9 Å². The molecule has 0 N–H and O–H groups in total. The van der Waals surface area contributed by atoms with Crippen LogP contribution in [0.5, 0.6) is 0 Å². The first-order chi connectivity index (χ1) is 8.49. The van der Waals surface area contributed by atoms with E-state index >= 15 is 0 Å². The van der Waals surface area contributed by atoms with Crippen LogP contribution < -0.4 is 0 Å². The summed E-state index contributed by atoms with van der Waals surface area (Å²) < 4.78 is 3.74. The van der Waals surface area contributed by atoms with Crippen molar-refractivity contribution in [2.45, 2.75) is 13.3 Å². The number of aromatic nitrogens is 2. The number of benzene rings is 1. The molecule has 2 rings (SSSR count). The molecule has 18 heavy (non-hydrogen) atoms. The second-order valence-corrected chi connectivity index (χ2v) is 6.12. The fraction of sp³-hybridized carbons (Fsp3) is 0.231. The fourth-order valence-electron chi connectivity index (χ4n) is 1.79. The highest BCUT2D eigenvalue weighted by Crippen LogP contribution is 2.22. The third kappa shape index (κ3) is 2.83. The van der Waals surface area contributed by atoms with Gasteiger partial charge in [0.1, 0.15) is 0 Å². The van der Waals surface area contributed by atoms with Crippen molar-refractivity contribution in [3.8, 4) is 0 Å². The standard InChI is InChI=1S/C13H12BrIN2O/c1-8-13(14)11(17(2)16-8)7-12(18)9-4-3-5-10(15)6-9/h3-6H,7H2,1-2H3. The van der Waals surface area contributed by atoms with Crippen molar-refractivity contribution in [1.29, 1.82) is 0 Å². The molecule has 94 valence electrons. The van der Waals surface area contributed by atoms with Gasteiger partial charge < -0.3 is 0 Å². The second kappa shape index (κ2) is 5.52. The van der Waals surface area contributed by atoms with Crippen molar-refractivity contribution < 1.29 is 4.79 Å². The Hall–Kier alpha value is -0.690. The molecule has 0 bridgehead atoms. The minimum absolute atomic E-state index is 0.109. The third-order valence-electron chi connectivity index (χ3n) is 2.74. The number of ketones is 1. The maximum absolute atomic E-state index is 12.2. The average Bonchev–Trinajstić information content (AvgIpc) is 2.56. The number of rotatable bonds is 3. The third-order valence-corrected chi connectivity index (χ3v) is 4.44. The quantitative estimate of drug-likeness (QED) is 0.564. The second-order valence-electron chi connectivity index (χ2n) is 4.08. The number of halogens is 2. The maximum Gasteiger partial charge on any atom is 0.168 e. The molecular formula is C13H12BrIN2O. The molecule has 0 aliphatic heterocycles. The molecule has 1 aromatic heterocycles. The maximum atomic E-state index is 12.2. The van der Waals surface area contributed by atoms with E-state index in [0.717, 1.165) is 25.0 Å². The molecule has 0 saturated heterocycles. The lowest BCUT2D eigenvalue weighted by Gasteiger charge is -2.03. The van der Waals surface area contributed by atoms with Gasteiger partial charge in [0.25, 0.3) is 0 Å². The smallest absolute Gasteiger partial charge is 0.168 e. The highest BCUT2D eigenvalue weighted by molar-refractivity contribution is 14.1. The monoisotopic (exact) mass is 418 g/mol. The van der Waals surface area contributed by atoms with Gasteiger partial charge in [-0.1, -0.05) is 12.1 Å². The Morgan fingerprint density at radius 2 is 2.22 bits per heavy atom. The lowest BCUT2D eigenvalue weighted by Crippen LogP contribution is -2.08. The van der Waals surface area contributed by atoms with Gasteiger partial charge in [0.15, 0.2) is 5.78 Å². The van der Waals surface area contributed by atoms with Crippen LogP contribution in [0.1, 0.15) is 21.7 Å². The molecule has 1 aromatic carbocycles. The molecule has 0 amide bonds. The van der Waals surface area contributed by atoms with Crippen LogP contribution in [0.4, 0.5) is 0 Å². The highest BCUT2D eigenvalue weighted by Gasteiger charge is 2.15. The Bertz CT molecular complexity index is 607. The molecule has 0 aliphatic rings. The van der Waals surface area contributed by atoms with Gasteiger partial charge in [-0.2, -0.15) is 5.10 Å². The summed E-state index contributed by atoms with van der Waals surface area (Å²) in [6.07, 6.45) is 0.359. The predicted octanol–water partition coefficient (Wildman–Crippen LogP) is 3.52. The van der Waals surface area contributed by atoms with Gasteiger partial charge in [0.2, 0.25) is 0 Å². The van der Waals surface area contributed by atoms with Crippen molar-refractivity contribution in [3.05, 3.63) is 49.3 Å². The van der Waals surface area contributed by atoms with Gasteiger partial charge in [-0.05, 0) is 57.6 Å². The van der Waals surface area contributed by atoms with E-state index in [9.17, 15) is 4.79 Å². The minimum Gasteiger partial charge on any atom is -0.294 e. The summed E-state index contributed by atoms with van der Waals surface area (Å²) in [7, 11) is 1.86. The number of aryl methyl sites for hydroxylation is 2. The molecule has 3 nitrogen and oxygen atoms in total. The average molecular weight is 419 g/mol. The zero-order valence-corrected chi connectivity index (χ0v) is 13.8. The Labute approximate surface area is 128 Å². The molecule has 1 heterocycles. The van der Waals surface area contributed by atoms with E-state index in [0.29, 0.717) is 6.42 Å². The highest BCUT2D eigenvalue weighted by atomic mass is 127. The zero-order chi connectivity index (χ0) is 13.3. The van der Waals surface area contributed by atoms with Crippen LogP contribution >= 0.6 is 38.5 Å². The summed E-state index contributed by atoms with van der Waals surface area (Å²) in [5, 5.41) is 4.29. The van der Waals surface area contributed by atoms with Gasteiger partial charge in [0, 0.05) is 16.2 Å². The van der Waals surface area contributed by atoms with Crippen molar-refractivity contribution in [1.82, 2.24) is 9.78 Å². The number of carbonyl (C=O) groups is 1. The molecule has 0 radical (unpaired) electrons. The first-order valence-electron chi connectivity index (χ1n) is 5.45. The minimum atomic E-state index is 0.109. The molecule has 0 unspecified atom stereocenters. The lowest BCUT2D eigenvalue weighted by atomic mass is 10.1. The summed E-state index contributed by atoms with van der Waals surface area (Å²) in [6.45, 7) is 1.92. The van der Waals surface area contributed by atoms with Crippen LogP contribution in [0.2, 0.25) is 0 Å². The van der Waals surface area contributed by atoms with E-state index in [1.807, 2.05) is 38.2 Å². The molecule has 0 aliphatic carbocycles. The summed E-state index contributed by atoms with van der Waals surface area (Å²) in [5.41, 5.74) is 2.56. The van der Waals surface area contributed by atoms with Gasteiger partial charge >= 0.3 is 0 Å². The molecule has 0 saturated carbocycles. The molecule has 0 spiro atoms. The van der Waals surface area contributed by atoms with Crippen LogP contribution in [-0.4, -0.2) is 15.6 Å². The van der Waals surface area contributed by atoms with Crippen LogP contribution in [0.15, 0.2) is 28.7 Å². The predicted molar refractivity (Wildman–Crippen MR) is 82.8 cm³/mol. The fourth-order valence-corrected chi connectivity index (χ4v) is 2.81. The van der Waals surface area contributed by atoms with E-state index in [1.54, 1.807) is 4.68 Å². The largest absolute Gasteiger partial charge is 0.294 e. The Morgan fingerprint density at radius 1 is 1.50 bits per heavy atom. The van der Waals surface area contributed by atoms with Crippen LogP contribution in [-0.2, 0) is 13.5 Å². The number of nitrogens with zero attached hydrogens (tertiary/aromatic N) is 2. The molecule has 2 aromatic rings. The first-order valence-corrected chi connectivity index (χ1v) is 7.33. The van der Waals surface area contributed by atoms with Crippen LogP contribution in [0, 0.1) is 10.5 Å². The van der Waals surface area contributed by atoms with Crippen molar-refractivity contribution in [3.63, 3.8) is 0 Å². The Kier molecular flexibility index (Phi) is 4.21. The Balaban J connectivity index is 2.27. The zero-order valence-electron chi connectivity index (χ0n) is 10.1. The SMILES string of the molecule is Cc1nn(C)c(CC(=O)c2cccc(I)c2)c1Br. The molecule has 0 atom stereocenters. The van der Waals surface area contributed by atoms with Gasteiger partial charge in [-0.3, -0.25) is 9.48 Å². The summed E-state index contributed by atoms with van der Waals surface area (Å²) in [4.78, 5) is 12.2. The number of Topliss-reactive ketones (excluding diaryl/α,β-unsaturated/α-hetero) is 1. The molecule has 0 fully saturated rings. The van der Waals surface area contributed by atoms with E-state index < -0.39 is 0 Å². The van der Waals surface area contributed by atoms with Crippen LogP contribution in [0.25, 0.3) is 0 Å². The van der Waals surface area contributed by atoms with E-state index in [1.165, 1.54) is 0 Å². The van der Waals surface area contributed by atoms with Gasteiger partial charge in [0.05, 0.1) is 22.3 Å². The molecule has 5 heteroatoms.